The van der Waals surface area contributed by atoms with E-state index in [0.29, 0.717) is 0 Å². The van der Waals surface area contributed by atoms with Crippen molar-refractivity contribution in [3.05, 3.63) is 0 Å². The lowest BCUT2D eigenvalue weighted by Gasteiger charge is -1.87. The highest BCUT2D eigenvalue weighted by Gasteiger charge is 2.06. The van der Waals surface area contributed by atoms with Gasteiger partial charge in [-0.15, -0.1) is 0 Å². The third-order valence-electron chi connectivity index (χ3n) is 0.722. The lowest BCUT2D eigenvalue weighted by Crippen LogP contribution is -2.18. The molecule has 2 N–H and O–H groups in total. The Balaban J connectivity index is 2.18. The zero-order valence-electron chi connectivity index (χ0n) is 3.69. The Morgan fingerprint density at radius 1 is 1.83 bits per heavy atom. The molecule has 1 heterocycles. The van der Waals surface area contributed by atoms with Gasteiger partial charge in [0.25, 0.3) is 0 Å². The number of hydrazine groups is 1. The molecule has 0 aromatic rings. The Kier molecular flexibility index (Phi) is 1.34. The molecule has 1 atom stereocenters. The number of rotatable bonds is 0. The Hall–Kier alpha value is 0.270. The highest BCUT2D eigenvalue weighted by molar-refractivity contribution is 7.98. The zero-order chi connectivity index (χ0) is 4.41. The third kappa shape index (κ3) is 0.864. The first-order valence-corrected chi connectivity index (χ1v) is 2.91. The minimum Gasteiger partial charge on any atom is -0.247 e. The van der Waals surface area contributed by atoms with Crippen molar-refractivity contribution in [2.24, 2.45) is 0 Å². The maximum atomic E-state index is 2.98. The van der Waals surface area contributed by atoms with Crippen molar-refractivity contribution >= 4 is 11.9 Å². The molecule has 1 aliphatic heterocycles. The first kappa shape index (κ1) is 4.43. The fourth-order valence-corrected chi connectivity index (χ4v) is 0.904. The Morgan fingerprint density at radius 2 is 2.67 bits per heavy atom. The van der Waals surface area contributed by atoms with Crippen molar-refractivity contribution in [3.8, 4) is 0 Å². The van der Waals surface area contributed by atoms with Crippen LogP contribution in [0.3, 0.4) is 0 Å². The van der Waals surface area contributed by atoms with Gasteiger partial charge in [0, 0.05) is 11.8 Å². The van der Waals surface area contributed by atoms with Gasteiger partial charge < -0.3 is 0 Å². The normalized spacial score (nSPS) is 34.5. The highest BCUT2D eigenvalue weighted by atomic mass is 32.2. The predicted octanol–water partition coefficient (Wildman–Crippen LogP) is 0.131. The zero-order valence-corrected chi connectivity index (χ0v) is 4.51. The van der Waals surface area contributed by atoms with Crippen molar-refractivity contribution in [2.75, 3.05) is 6.54 Å². The topological polar surface area (TPSA) is 24.1 Å². The average molecular weight is 104 g/mol. The van der Waals surface area contributed by atoms with Crippen LogP contribution in [0.5, 0.6) is 0 Å². The SMILES string of the molecule is C[C@@H]1CNNS1. The molecule has 1 rings (SSSR count). The molecule has 0 spiro atoms. The molecule has 0 aromatic carbocycles. The first-order valence-electron chi connectivity index (χ1n) is 2.03. The maximum Gasteiger partial charge on any atom is 0.0316 e. The second kappa shape index (κ2) is 1.82. The molecule has 0 amide bonds. The summed E-state index contributed by atoms with van der Waals surface area (Å²) in [7, 11) is 0. The monoisotopic (exact) mass is 104 g/mol. The third-order valence-corrected chi connectivity index (χ3v) is 1.55. The van der Waals surface area contributed by atoms with E-state index in [1.807, 2.05) is 0 Å². The second-order valence-corrected chi connectivity index (χ2v) is 2.66. The minimum atomic E-state index is 0.741. The van der Waals surface area contributed by atoms with Crippen molar-refractivity contribution in [2.45, 2.75) is 12.2 Å². The van der Waals surface area contributed by atoms with E-state index < -0.39 is 0 Å². The van der Waals surface area contributed by atoms with E-state index in [0.717, 1.165) is 11.8 Å². The van der Waals surface area contributed by atoms with Gasteiger partial charge in [0.1, 0.15) is 0 Å². The lowest BCUT2D eigenvalue weighted by molar-refractivity contribution is 0.727. The molecule has 36 valence electrons. The summed E-state index contributed by atoms with van der Waals surface area (Å²) in [5.41, 5.74) is 2.98. The lowest BCUT2D eigenvalue weighted by atomic mass is 10.5. The fraction of sp³-hybridized carbons (Fsp3) is 1.00. The van der Waals surface area contributed by atoms with E-state index in [2.05, 4.69) is 17.2 Å². The van der Waals surface area contributed by atoms with Gasteiger partial charge in [0.15, 0.2) is 0 Å². The Labute approximate surface area is 41.8 Å². The van der Waals surface area contributed by atoms with Gasteiger partial charge >= 0.3 is 0 Å². The summed E-state index contributed by atoms with van der Waals surface area (Å²) in [4.78, 5) is 2.94. The Morgan fingerprint density at radius 3 is 2.83 bits per heavy atom. The molecule has 0 radical (unpaired) electrons. The smallest absolute Gasteiger partial charge is 0.0316 e. The summed E-state index contributed by atoms with van der Waals surface area (Å²) in [5.74, 6) is 0. The van der Waals surface area contributed by atoms with Crippen LogP contribution in [0.15, 0.2) is 0 Å². The van der Waals surface area contributed by atoms with E-state index in [4.69, 9.17) is 0 Å². The molecule has 0 aliphatic carbocycles. The van der Waals surface area contributed by atoms with Crippen LogP contribution in [-0.4, -0.2) is 11.8 Å². The quantitative estimate of drug-likeness (QED) is 0.427. The van der Waals surface area contributed by atoms with E-state index in [9.17, 15) is 0 Å². The molecule has 0 saturated carbocycles. The summed E-state index contributed by atoms with van der Waals surface area (Å²) in [6.45, 7) is 3.27. The van der Waals surface area contributed by atoms with Gasteiger partial charge in [-0.2, -0.15) is 0 Å². The van der Waals surface area contributed by atoms with Crippen LogP contribution >= 0.6 is 11.9 Å². The molecular formula is C3H8N2S. The van der Waals surface area contributed by atoms with Crippen LogP contribution in [0.1, 0.15) is 6.92 Å². The summed E-state index contributed by atoms with van der Waals surface area (Å²) in [6, 6.07) is 0. The van der Waals surface area contributed by atoms with Crippen LogP contribution < -0.4 is 10.3 Å². The molecule has 1 saturated heterocycles. The summed E-state index contributed by atoms with van der Waals surface area (Å²) in [6.07, 6.45) is 0. The molecular weight excluding hydrogens is 96.1 g/mol. The van der Waals surface area contributed by atoms with Gasteiger partial charge in [-0.05, 0) is 0 Å². The molecule has 0 unspecified atom stereocenters. The number of nitrogens with one attached hydrogen (secondary N) is 2. The molecule has 3 heteroatoms. The van der Waals surface area contributed by atoms with Crippen molar-refractivity contribution in [1.29, 1.82) is 0 Å². The molecule has 1 aliphatic rings. The van der Waals surface area contributed by atoms with Crippen LogP contribution in [0, 0.1) is 0 Å². The first-order chi connectivity index (χ1) is 2.89. The summed E-state index contributed by atoms with van der Waals surface area (Å²) in [5, 5.41) is 0.741. The summed E-state index contributed by atoms with van der Waals surface area (Å²) < 4.78 is 0. The van der Waals surface area contributed by atoms with Crippen molar-refractivity contribution in [1.82, 2.24) is 10.3 Å². The molecule has 0 bridgehead atoms. The van der Waals surface area contributed by atoms with Crippen LogP contribution in [0.2, 0.25) is 0 Å². The Bertz CT molecular complexity index is 42.1. The number of hydrogen-bond acceptors (Lipinski definition) is 3. The van der Waals surface area contributed by atoms with E-state index >= 15 is 0 Å². The van der Waals surface area contributed by atoms with E-state index in [1.54, 1.807) is 11.9 Å². The largest absolute Gasteiger partial charge is 0.247 e. The van der Waals surface area contributed by atoms with Gasteiger partial charge in [-0.3, -0.25) is 0 Å². The second-order valence-electron chi connectivity index (χ2n) is 1.41. The van der Waals surface area contributed by atoms with Crippen LogP contribution in [0.4, 0.5) is 0 Å². The van der Waals surface area contributed by atoms with Gasteiger partial charge in [-0.25, -0.2) is 10.3 Å². The van der Waals surface area contributed by atoms with E-state index in [1.165, 1.54) is 0 Å². The minimum absolute atomic E-state index is 0.741. The molecule has 0 aromatic heterocycles. The van der Waals surface area contributed by atoms with Gasteiger partial charge in [-0.1, -0.05) is 18.9 Å². The van der Waals surface area contributed by atoms with Crippen molar-refractivity contribution in [3.63, 3.8) is 0 Å². The van der Waals surface area contributed by atoms with Gasteiger partial charge in [0.05, 0.1) is 0 Å². The molecule has 1 fully saturated rings. The van der Waals surface area contributed by atoms with Crippen LogP contribution in [-0.2, 0) is 0 Å². The standard InChI is InChI=1S/C3H8N2S/c1-3-2-4-5-6-3/h3-5H,2H2,1H3/t3-/m1/s1. The molecule has 6 heavy (non-hydrogen) atoms. The summed E-state index contributed by atoms with van der Waals surface area (Å²) >= 11 is 1.74. The maximum absolute atomic E-state index is 2.98. The fourth-order valence-electron chi connectivity index (χ4n) is 0.369. The molecule has 2 nitrogen and oxygen atoms in total. The van der Waals surface area contributed by atoms with Gasteiger partial charge in [0.2, 0.25) is 0 Å². The van der Waals surface area contributed by atoms with Crippen LogP contribution in [0.25, 0.3) is 0 Å². The average Bonchev–Trinajstić information content (AvgIpc) is 1.86. The van der Waals surface area contributed by atoms with E-state index in [-0.39, 0.29) is 0 Å². The highest BCUT2D eigenvalue weighted by Crippen LogP contribution is 2.06. The predicted molar refractivity (Wildman–Crippen MR) is 28.2 cm³/mol. The van der Waals surface area contributed by atoms with Crippen molar-refractivity contribution < 1.29 is 0 Å². The number of hydrogen-bond donors (Lipinski definition) is 2.